The van der Waals surface area contributed by atoms with Crippen LogP contribution < -0.4 is 10.1 Å². The standard InChI is InChI=1S/C20H20Cl4N2O3/c1-3-17(20(28)25-2)26(10-12-4-5-13(21)8-15(12)23)19(27)11-29-18-7-6-14(22)9-16(18)24/h4-9,17H,3,10-11H2,1-2H3,(H,25,28)/t17-/m1/s1. The second kappa shape index (κ2) is 10.9. The Morgan fingerprint density at radius 1 is 1.03 bits per heavy atom. The third-order valence-corrected chi connectivity index (χ3v) is 5.35. The first-order valence-electron chi connectivity index (χ1n) is 8.79. The van der Waals surface area contributed by atoms with Gasteiger partial charge in [0.25, 0.3) is 5.91 Å². The van der Waals surface area contributed by atoms with Crippen molar-refractivity contribution in [2.45, 2.75) is 25.9 Å². The van der Waals surface area contributed by atoms with Crippen LogP contribution in [-0.4, -0.2) is 36.4 Å². The van der Waals surface area contributed by atoms with Crippen molar-refractivity contribution in [3.63, 3.8) is 0 Å². The number of hydrogen-bond acceptors (Lipinski definition) is 3. The molecule has 9 heteroatoms. The molecule has 2 aromatic carbocycles. The molecule has 0 aliphatic carbocycles. The van der Waals surface area contributed by atoms with E-state index >= 15 is 0 Å². The molecule has 2 amide bonds. The molecule has 0 aromatic heterocycles. The summed E-state index contributed by atoms with van der Waals surface area (Å²) in [5, 5.41) is 4.22. The molecule has 0 radical (unpaired) electrons. The summed E-state index contributed by atoms with van der Waals surface area (Å²) in [5.41, 5.74) is 0.663. The fourth-order valence-electron chi connectivity index (χ4n) is 2.73. The van der Waals surface area contributed by atoms with E-state index in [0.717, 1.165) is 0 Å². The van der Waals surface area contributed by atoms with E-state index in [1.165, 1.54) is 18.0 Å². The molecule has 0 aliphatic rings. The number of halogens is 4. The number of ether oxygens (including phenoxy) is 1. The number of carbonyl (C=O) groups excluding carboxylic acids is 2. The summed E-state index contributed by atoms with van der Waals surface area (Å²) in [4.78, 5) is 26.8. The van der Waals surface area contributed by atoms with Crippen molar-refractivity contribution >= 4 is 58.2 Å². The summed E-state index contributed by atoms with van der Waals surface area (Å²) >= 11 is 24.2. The van der Waals surface area contributed by atoms with Crippen molar-refractivity contribution in [1.29, 1.82) is 0 Å². The molecule has 2 aromatic rings. The van der Waals surface area contributed by atoms with Crippen molar-refractivity contribution in [2.24, 2.45) is 0 Å². The molecule has 0 aliphatic heterocycles. The highest BCUT2D eigenvalue weighted by Gasteiger charge is 2.29. The van der Waals surface area contributed by atoms with E-state index in [4.69, 9.17) is 51.1 Å². The number of hydrogen-bond donors (Lipinski definition) is 1. The highest BCUT2D eigenvalue weighted by Crippen LogP contribution is 2.28. The third-order valence-electron chi connectivity index (χ3n) is 4.23. The summed E-state index contributed by atoms with van der Waals surface area (Å²) < 4.78 is 5.56. The van der Waals surface area contributed by atoms with Crippen LogP contribution in [-0.2, 0) is 16.1 Å². The van der Waals surface area contributed by atoms with E-state index in [9.17, 15) is 9.59 Å². The number of likely N-dealkylation sites (N-methyl/N-ethyl adjacent to an activating group) is 1. The van der Waals surface area contributed by atoms with Crippen LogP contribution in [0.5, 0.6) is 5.75 Å². The molecule has 0 fully saturated rings. The van der Waals surface area contributed by atoms with Gasteiger partial charge in [0.15, 0.2) is 6.61 Å². The molecule has 1 atom stereocenters. The normalized spacial score (nSPS) is 11.7. The van der Waals surface area contributed by atoms with Gasteiger partial charge < -0.3 is 15.0 Å². The first-order valence-corrected chi connectivity index (χ1v) is 10.3. The molecular weight excluding hydrogens is 458 g/mol. The zero-order chi connectivity index (χ0) is 21.6. The quantitative estimate of drug-likeness (QED) is 0.566. The lowest BCUT2D eigenvalue weighted by Gasteiger charge is -2.30. The van der Waals surface area contributed by atoms with Crippen LogP contribution in [0.1, 0.15) is 18.9 Å². The first kappa shape index (κ1) is 23.6. The molecule has 0 bridgehead atoms. The molecule has 5 nitrogen and oxygen atoms in total. The van der Waals surface area contributed by atoms with Crippen molar-refractivity contribution in [1.82, 2.24) is 10.2 Å². The Morgan fingerprint density at radius 2 is 1.66 bits per heavy atom. The Hall–Kier alpha value is -1.66. The van der Waals surface area contributed by atoms with Gasteiger partial charge in [0, 0.05) is 28.7 Å². The minimum atomic E-state index is -0.691. The Morgan fingerprint density at radius 3 is 2.21 bits per heavy atom. The molecule has 156 valence electrons. The van der Waals surface area contributed by atoms with E-state index < -0.39 is 11.9 Å². The van der Waals surface area contributed by atoms with E-state index in [0.29, 0.717) is 32.8 Å². The minimum Gasteiger partial charge on any atom is -0.482 e. The Balaban J connectivity index is 2.25. The highest BCUT2D eigenvalue weighted by molar-refractivity contribution is 6.35. The topological polar surface area (TPSA) is 58.6 Å². The summed E-state index contributed by atoms with van der Waals surface area (Å²) in [6, 6.07) is 9.00. The van der Waals surface area contributed by atoms with Crippen molar-refractivity contribution in [2.75, 3.05) is 13.7 Å². The summed E-state index contributed by atoms with van der Waals surface area (Å²) in [6.07, 6.45) is 0.415. The van der Waals surface area contributed by atoms with Crippen LogP contribution in [0, 0.1) is 0 Å². The van der Waals surface area contributed by atoms with Gasteiger partial charge >= 0.3 is 0 Å². The Kier molecular flexibility index (Phi) is 8.90. The van der Waals surface area contributed by atoms with E-state index in [-0.39, 0.29) is 24.1 Å². The minimum absolute atomic E-state index is 0.123. The Labute approximate surface area is 189 Å². The summed E-state index contributed by atoms with van der Waals surface area (Å²) in [5.74, 6) is -0.352. The fourth-order valence-corrected chi connectivity index (χ4v) is 3.67. The molecular formula is C20H20Cl4N2O3. The molecule has 1 N–H and O–H groups in total. The summed E-state index contributed by atoms with van der Waals surface area (Å²) in [6.45, 7) is 1.64. The first-order chi connectivity index (χ1) is 13.8. The van der Waals surface area contributed by atoms with Crippen LogP contribution in [0.25, 0.3) is 0 Å². The molecule has 2 rings (SSSR count). The molecule has 0 saturated heterocycles. The van der Waals surface area contributed by atoms with Gasteiger partial charge in [-0.15, -0.1) is 0 Å². The maximum absolute atomic E-state index is 13.0. The van der Waals surface area contributed by atoms with Gasteiger partial charge in [-0.3, -0.25) is 9.59 Å². The SMILES string of the molecule is CC[C@H](C(=O)NC)N(Cc1ccc(Cl)cc1Cl)C(=O)COc1ccc(Cl)cc1Cl. The number of nitrogens with one attached hydrogen (secondary N) is 1. The van der Waals surface area contributed by atoms with Gasteiger partial charge in [-0.25, -0.2) is 0 Å². The van der Waals surface area contributed by atoms with Crippen LogP contribution in [0.3, 0.4) is 0 Å². The average molecular weight is 478 g/mol. The zero-order valence-corrected chi connectivity index (χ0v) is 18.9. The molecule has 0 heterocycles. The molecule has 0 saturated carbocycles. The predicted molar refractivity (Wildman–Crippen MR) is 117 cm³/mol. The van der Waals surface area contributed by atoms with E-state index in [2.05, 4.69) is 5.32 Å². The van der Waals surface area contributed by atoms with Gasteiger partial charge in [0.2, 0.25) is 5.91 Å². The molecule has 0 spiro atoms. The van der Waals surface area contributed by atoms with Gasteiger partial charge in [-0.2, -0.15) is 0 Å². The highest BCUT2D eigenvalue weighted by atomic mass is 35.5. The smallest absolute Gasteiger partial charge is 0.261 e. The predicted octanol–water partition coefficient (Wildman–Crippen LogP) is 5.23. The van der Waals surface area contributed by atoms with E-state index in [1.54, 1.807) is 30.3 Å². The molecule has 29 heavy (non-hydrogen) atoms. The Bertz CT molecular complexity index is 892. The fraction of sp³-hybridized carbons (Fsp3) is 0.300. The van der Waals surface area contributed by atoms with Gasteiger partial charge in [0.1, 0.15) is 11.8 Å². The van der Waals surface area contributed by atoms with Crippen molar-refractivity contribution < 1.29 is 14.3 Å². The number of benzene rings is 2. The van der Waals surface area contributed by atoms with Crippen LogP contribution in [0.2, 0.25) is 20.1 Å². The number of carbonyl (C=O) groups is 2. The van der Waals surface area contributed by atoms with E-state index in [1.807, 2.05) is 6.92 Å². The lowest BCUT2D eigenvalue weighted by molar-refractivity contribution is -0.142. The van der Waals surface area contributed by atoms with Crippen LogP contribution in [0.4, 0.5) is 0 Å². The lowest BCUT2D eigenvalue weighted by atomic mass is 10.1. The van der Waals surface area contributed by atoms with Gasteiger partial charge in [-0.05, 0) is 42.3 Å². The van der Waals surface area contributed by atoms with Gasteiger partial charge in [0.05, 0.1) is 5.02 Å². The number of nitrogens with zero attached hydrogens (tertiary/aromatic N) is 1. The maximum Gasteiger partial charge on any atom is 0.261 e. The lowest BCUT2D eigenvalue weighted by Crippen LogP contribution is -2.49. The maximum atomic E-state index is 13.0. The van der Waals surface area contributed by atoms with Crippen LogP contribution >= 0.6 is 46.4 Å². The largest absolute Gasteiger partial charge is 0.482 e. The van der Waals surface area contributed by atoms with Crippen LogP contribution in [0.15, 0.2) is 36.4 Å². The monoisotopic (exact) mass is 476 g/mol. The van der Waals surface area contributed by atoms with Crippen molar-refractivity contribution in [3.05, 3.63) is 62.1 Å². The second-order valence-corrected chi connectivity index (χ2v) is 7.85. The summed E-state index contributed by atoms with van der Waals surface area (Å²) in [7, 11) is 1.52. The third kappa shape index (κ3) is 6.41. The zero-order valence-electron chi connectivity index (χ0n) is 15.8. The van der Waals surface area contributed by atoms with Crippen molar-refractivity contribution in [3.8, 4) is 5.75 Å². The number of rotatable bonds is 8. The van der Waals surface area contributed by atoms with Gasteiger partial charge in [-0.1, -0.05) is 59.4 Å². The molecule has 0 unspecified atom stereocenters. The average Bonchev–Trinajstić information content (AvgIpc) is 2.68. The second-order valence-electron chi connectivity index (χ2n) is 6.16. The number of amides is 2.